The van der Waals surface area contributed by atoms with Gasteiger partial charge in [-0.05, 0) is 12.1 Å². The number of benzene rings is 2. The van der Waals surface area contributed by atoms with Crippen LogP contribution in [-0.2, 0) is 9.59 Å². The number of nitrogens with zero attached hydrogens (tertiary/aromatic N) is 1. The van der Waals surface area contributed by atoms with Crippen molar-refractivity contribution in [2.24, 2.45) is 5.92 Å². The van der Waals surface area contributed by atoms with Crippen molar-refractivity contribution >= 4 is 23.2 Å². The number of ether oxygens (including phenoxy) is 4. The molecule has 1 aliphatic heterocycles. The lowest BCUT2D eigenvalue weighted by molar-refractivity contribution is -0.122. The van der Waals surface area contributed by atoms with Crippen molar-refractivity contribution in [1.82, 2.24) is 0 Å². The summed E-state index contributed by atoms with van der Waals surface area (Å²) in [6, 6.07) is 10.5. The van der Waals surface area contributed by atoms with Crippen LogP contribution in [0.3, 0.4) is 0 Å². The van der Waals surface area contributed by atoms with Crippen LogP contribution in [0.4, 0.5) is 11.4 Å². The average Bonchev–Trinajstić information content (AvgIpc) is 3.14. The second-order valence-electron chi connectivity index (χ2n) is 6.51. The number of amides is 2. The molecule has 0 saturated carbocycles. The minimum atomic E-state index is -0.479. The quantitative estimate of drug-likeness (QED) is 0.769. The van der Waals surface area contributed by atoms with Gasteiger partial charge in [0.25, 0.3) is 0 Å². The number of hydrogen-bond acceptors (Lipinski definition) is 6. The van der Waals surface area contributed by atoms with E-state index >= 15 is 0 Å². The first-order valence-electron chi connectivity index (χ1n) is 9.06. The van der Waals surface area contributed by atoms with Crippen molar-refractivity contribution in [2.75, 3.05) is 45.2 Å². The average molecular weight is 400 g/mol. The molecule has 1 saturated heterocycles. The summed E-state index contributed by atoms with van der Waals surface area (Å²) in [4.78, 5) is 26.9. The second kappa shape index (κ2) is 8.72. The van der Waals surface area contributed by atoms with Gasteiger partial charge in [0.15, 0.2) is 11.5 Å². The van der Waals surface area contributed by atoms with Gasteiger partial charge < -0.3 is 29.2 Å². The van der Waals surface area contributed by atoms with Crippen molar-refractivity contribution in [3.8, 4) is 23.0 Å². The summed E-state index contributed by atoms with van der Waals surface area (Å²) in [6.07, 6.45) is 0.132. The second-order valence-corrected chi connectivity index (χ2v) is 6.51. The maximum atomic E-state index is 12.8. The molecule has 2 aromatic carbocycles. The molecule has 8 nitrogen and oxygen atoms in total. The Hall–Kier alpha value is -3.42. The summed E-state index contributed by atoms with van der Waals surface area (Å²) < 4.78 is 21.1. The third-order valence-corrected chi connectivity index (χ3v) is 4.79. The lowest BCUT2D eigenvalue weighted by atomic mass is 10.1. The minimum absolute atomic E-state index is 0.108. The van der Waals surface area contributed by atoms with Gasteiger partial charge in [0.1, 0.15) is 5.75 Å². The Morgan fingerprint density at radius 3 is 2.28 bits per heavy atom. The van der Waals surface area contributed by atoms with Crippen LogP contribution < -0.4 is 29.2 Å². The number of anilines is 2. The summed E-state index contributed by atoms with van der Waals surface area (Å²) in [6.45, 7) is 0.294. The van der Waals surface area contributed by atoms with Crippen molar-refractivity contribution in [1.29, 1.82) is 0 Å². The summed E-state index contributed by atoms with van der Waals surface area (Å²) >= 11 is 0. The maximum absolute atomic E-state index is 12.8. The van der Waals surface area contributed by atoms with Crippen molar-refractivity contribution < 1.29 is 28.5 Å². The molecule has 2 amide bonds. The van der Waals surface area contributed by atoms with Gasteiger partial charge in [-0.2, -0.15) is 0 Å². The van der Waals surface area contributed by atoms with E-state index in [1.807, 2.05) is 12.1 Å². The molecule has 1 atom stereocenters. The Morgan fingerprint density at radius 2 is 1.69 bits per heavy atom. The third-order valence-electron chi connectivity index (χ3n) is 4.79. The van der Waals surface area contributed by atoms with Gasteiger partial charge in [0, 0.05) is 42.5 Å². The van der Waals surface area contributed by atoms with E-state index in [1.54, 1.807) is 36.3 Å². The normalized spacial score (nSPS) is 15.8. The molecule has 1 heterocycles. The number of carbonyl (C=O) groups is 2. The van der Waals surface area contributed by atoms with Gasteiger partial charge >= 0.3 is 0 Å². The Labute approximate surface area is 169 Å². The van der Waals surface area contributed by atoms with E-state index in [0.717, 1.165) is 0 Å². The molecular formula is C21H24N2O6. The Balaban J connectivity index is 1.75. The highest BCUT2D eigenvalue weighted by molar-refractivity contribution is 6.03. The minimum Gasteiger partial charge on any atom is -0.497 e. The van der Waals surface area contributed by atoms with Gasteiger partial charge in [0.2, 0.25) is 17.6 Å². The molecule has 29 heavy (non-hydrogen) atoms. The lowest BCUT2D eigenvalue weighted by Gasteiger charge is -2.18. The molecule has 8 heteroatoms. The molecule has 1 fully saturated rings. The predicted octanol–water partition coefficient (Wildman–Crippen LogP) is 2.71. The van der Waals surface area contributed by atoms with Crippen molar-refractivity contribution in [2.45, 2.75) is 6.42 Å². The topological polar surface area (TPSA) is 86.3 Å². The molecule has 0 aliphatic carbocycles. The molecule has 1 N–H and O–H groups in total. The number of rotatable bonds is 7. The summed E-state index contributed by atoms with van der Waals surface area (Å²) in [5, 5.41) is 2.84. The zero-order valence-corrected chi connectivity index (χ0v) is 16.9. The van der Waals surface area contributed by atoms with Crippen LogP contribution in [-0.4, -0.2) is 46.8 Å². The molecule has 0 aromatic heterocycles. The summed E-state index contributed by atoms with van der Waals surface area (Å²) in [5.41, 5.74) is 1.20. The highest BCUT2D eigenvalue weighted by Crippen LogP contribution is 2.40. The maximum Gasteiger partial charge on any atom is 0.229 e. The van der Waals surface area contributed by atoms with Crippen LogP contribution in [0.2, 0.25) is 0 Å². The lowest BCUT2D eigenvalue weighted by Crippen LogP contribution is -2.28. The SMILES string of the molecule is COc1cccc(N2CC(C(=O)Nc3cc(OC)c(OC)c(OC)c3)CC2=O)c1. The standard InChI is InChI=1S/C21H24N2O6/c1-26-16-7-5-6-15(11-16)23-12-13(8-19(23)24)21(25)22-14-9-17(27-2)20(29-4)18(10-14)28-3/h5-7,9-11,13H,8,12H2,1-4H3,(H,22,25). The predicted molar refractivity (Wildman–Crippen MR) is 108 cm³/mol. The third kappa shape index (κ3) is 4.21. The van der Waals surface area contributed by atoms with Crippen LogP contribution in [0.5, 0.6) is 23.0 Å². The van der Waals surface area contributed by atoms with Crippen LogP contribution in [0, 0.1) is 5.92 Å². The van der Waals surface area contributed by atoms with E-state index in [1.165, 1.54) is 21.3 Å². The van der Waals surface area contributed by atoms with E-state index in [-0.39, 0.29) is 18.2 Å². The van der Waals surface area contributed by atoms with Gasteiger partial charge in [-0.25, -0.2) is 0 Å². The Kier molecular flexibility index (Phi) is 6.11. The Bertz CT molecular complexity index is 889. The largest absolute Gasteiger partial charge is 0.497 e. The van der Waals surface area contributed by atoms with Crippen LogP contribution in [0.15, 0.2) is 36.4 Å². The molecule has 1 aliphatic rings. The molecule has 0 bridgehead atoms. The van der Waals surface area contributed by atoms with Crippen LogP contribution in [0.1, 0.15) is 6.42 Å². The monoisotopic (exact) mass is 400 g/mol. The summed E-state index contributed by atoms with van der Waals surface area (Å²) in [7, 11) is 6.09. The molecule has 3 rings (SSSR count). The van der Waals surface area contributed by atoms with E-state index in [4.69, 9.17) is 18.9 Å². The van der Waals surface area contributed by atoms with Crippen molar-refractivity contribution in [3.05, 3.63) is 36.4 Å². The molecule has 0 radical (unpaired) electrons. The first kappa shape index (κ1) is 20.3. The van der Waals surface area contributed by atoms with Crippen LogP contribution >= 0.6 is 0 Å². The number of nitrogens with one attached hydrogen (secondary N) is 1. The van der Waals surface area contributed by atoms with E-state index in [2.05, 4.69) is 5.32 Å². The van der Waals surface area contributed by atoms with E-state index < -0.39 is 5.92 Å². The molecule has 154 valence electrons. The molecule has 0 spiro atoms. The van der Waals surface area contributed by atoms with E-state index in [9.17, 15) is 9.59 Å². The van der Waals surface area contributed by atoms with Gasteiger partial charge in [0.05, 0.1) is 34.4 Å². The highest BCUT2D eigenvalue weighted by Gasteiger charge is 2.35. The smallest absolute Gasteiger partial charge is 0.229 e. The fourth-order valence-corrected chi connectivity index (χ4v) is 3.31. The fourth-order valence-electron chi connectivity index (χ4n) is 3.31. The number of hydrogen-bond donors (Lipinski definition) is 1. The number of methoxy groups -OCH3 is 4. The molecule has 1 unspecified atom stereocenters. The zero-order chi connectivity index (χ0) is 21.0. The van der Waals surface area contributed by atoms with Gasteiger partial charge in [-0.3, -0.25) is 9.59 Å². The van der Waals surface area contributed by atoms with E-state index in [0.29, 0.717) is 40.9 Å². The first-order valence-corrected chi connectivity index (χ1v) is 9.06. The first-order chi connectivity index (χ1) is 14.0. The number of carbonyl (C=O) groups excluding carboxylic acids is 2. The Morgan fingerprint density at radius 1 is 1.00 bits per heavy atom. The highest BCUT2D eigenvalue weighted by atomic mass is 16.5. The van der Waals surface area contributed by atoms with Gasteiger partial charge in [-0.1, -0.05) is 6.07 Å². The molecule has 2 aromatic rings. The van der Waals surface area contributed by atoms with Gasteiger partial charge in [-0.15, -0.1) is 0 Å². The zero-order valence-electron chi connectivity index (χ0n) is 16.9. The van der Waals surface area contributed by atoms with Crippen molar-refractivity contribution in [3.63, 3.8) is 0 Å². The van der Waals surface area contributed by atoms with Crippen LogP contribution in [0.25, 0.3) is 0 Å². The summed E-state index contributed by atoms with van der Waals surface area (Å²) in [5.74, 6) is 1.12. The molecular weight excluding hydrogens is 376 g/mol. The fraction of sp³-hybridized carbons (Fsp3) is 0.333.